The van der Waals surface area contributed by atoms with Crippen LogP contribution < -0.4 is 10.5 Å². The van der Waals surface area contributed by atoms with Gasteiger partial charge in [-0.2, -0.15) is 12.7 Å². The number of halogens is 1. The molecule has 0 unspecified atom stereocenters. The van der Waals surface area contributed by atoms with E-state index in [1.807, 2.05) is 27.7 Å². The Morgan fingerprint density at radius 1 is 1.29 bits per heavy atom. The normalized spacial score (nSPS) is 12.9. The minimum atomic E-state index is -3.41. The van der Waals surface area contributed by atoms with Crippen LogP contribution in [-0.4, -0.2) is 37.9 Å². The predicted molar refractivity (Wildman–Crippen MR) is 74.6 cm³/mol. The zero-order chi connectivity index (χ0) is 13.0. The van der Waals surface area contributed by atoms with E-state index in [-0.39, 0.29) is 25.0 Å². The molecule has 0 radical (unpaired) electrons. The molecule has 0 rings (SSSR count). The summed E-state index contributed by atoms with van der Waals surface area (Å²) in [6.07, 6.45) is 1.49. The average molecular weight is 288 g/mol. The fraction of sp³-hybridized carbons (Fsp3) is 1.00. The zero-order valence-electron chi connectivity index (χ0n) is 11.4. The van der Waals surface area contributed by atoms with Crippen LogP contribution in [-0.2, 0) is 10.2 Å². The number of hydrogen-bond donors (Lipinski definition) is 2. The number of rotatable bonds is 7. The molecule has 106 valence electrons. The minimum Gasteiger partial charge on any atom is -0.324 e. The maximum absolute atomic E-state index is 11.8. The fourth-order valence-electron chi connectivity index (χ4n) is 1.11. The van der Waals surface area contributed by atoms with Crippen LogP contribution in [0, 0.1) is 0 Å². The summed E-state index contributed by atoms with van der Waals surface area (Å²) in [5.74, 6) is 0. The van der Waals surface area contributed by atoms with Crippen LogP contribution in [0.4, 0.5) is 0 Å². The molecule has 0 atom stereocenters. The van der Waals surface area contributed by atoms with Crippen LogP contribution in [0.25, 0.3) is 0 Å². The molecule has 0 fully saturated rings. The molecule has 17 heavy (non-hydrogen) atoms. The second kappa shape index (κ2) is 7.53. The van der Waals surface area contributed by atoms with Crippen molar-refractivity contribution in [3.63, 3.8) is 0 Å². The van der Waals surface area contributed by atoms with Crippen molar-refractivity contribution in [3.05, 3.63) is 0 Å². The number of nitrogens with zero attached hydrogens (tertiary/aromatic N) is 1. The third-order valence-electron chi connectivity index (χ3n) is 3.12. The molecule has 0 amide bonds. The van der Waals surface area contributed by atoms with Gasteiger partial charge in [0.25, 0.3) is 10.2 Å². The van der Waals surface area contributed by atoms with Crippen molar-refractivity contribution in [2.45, 2.75) is 52.1 Å². The molecule has 0 aromatic heterocycles. The van der Waals surface area contributed by atoms with Gasteiger partial charge >= 0.3 is 0 Å². The summed E-state index contributed by atoms with van der Waals surface area (Å²) in [4.78, 5) is 0. The van der Waals surface area contributed by atoms with Crippen molar-refractivity contribution in [1.82, 2.24) is 9.03 Å². The quantitative estimate of drug-likeness (QED) is 0.736. The van der Waals surface area contributed by atoms with E-state index in [9.17, 15) is 8.42 Å². The molecule has 7 heteroatoms. The first kappa shape index (κ1) is 19.5. The molecule has 5 nitrogen and oxygen atoms in total. The lowest BCUT2D eigenvalue weighted by atomic mass is 9.95. The molecular formula is C10H26ClN3O2S. The zero-order valence-corrected chi connectivity index (χ0v) is 13.0. The summed E-state index contributed by atoms with van der Waals surface area (Å²) in [5.41, 5.74) is 5.58. The molecule has 0 aliphatic rings. The van der Waals surface area contributed by atoms with Gasteiger partial charge in [0.15, 0.2) is 0 Å². The van der Waals surface area contributed by atoms with Gasteiger partial charge in [-0.1, -0.05) is 13.8 Å². The molecule has 0 aromatic carbocycles. The largest absolute Gasteiger partial charge is 0.324 e. The third-order valence-corrected chi connectivity index (χ3v) is 4.81. The van der Waals surface area contributed by atoms with Crippen LogP contribution in [0.2, 0.25) is 0 Å². The van der Waals surface area contributed by atoms with Gasteiger partial charge in [0.2, 0.25) is 0 Å². The van der Waals surface area contributed by atoms with E-state index in [2.05, 4.69) is 4.72 Å². The Morgan fingerprint density at radius 3 is 2.00 bits per heavy atom. The molecule has 0 aliphatic heterocycles. The lowest BCUT2D eigenvalue weighted by Crippen LogP contribution is -2.52. The monoisotopic (exact) mass is 287 g/mol. The van der Waals surface area contributed by atoms with E-state index >= 15 is 0 Å². The van der Waals surface area contributed by atoms with E-state index in [4.69, 9.17) is 5.73 Å². The highest BCUT2D eigenvalue weighted by molar-refractivity contribution is 7.87. The van der Waals surface area contributed by atoms with Gasteiger partial charge in [0.05, 0.1) is 0 Å². The Labute approximate surface area is 112 Å². The lowest BCUT2D eigenvalue weighted by Gasteiger charge is -2.29. The Bertz CT molecular complexity index is 303. The van der Waals surface area contributed by atoms with Gasteiger partial charge in [0, 0.05) is 25.2 Å². The first-order chi connectivity index (χ1) is 7.18. The Kier molecular flexibility index (Phi) is 8.62. The minimum absolute atomic E-state index is 0. The molecule has 0 bridgehead atoms. The molecule has 0 saturated carbocycles. The van der Waals surface area contributed by atoms with Gasteiger partial charge in [-0.05, 0) is 26.7 Å². The van der Waals surface area contributed by atoms with E-state index in [1.165, 1.54) is 4.31 Å². The summed E-state index contributed by atoms with van der Waals surface area (Å²) in [6, 6.07) is -0.0621. The van der Waals surface area contributed by atoms with Crippen LogP contribution in [0.15, 0.2) is 0 Å². The maximum atomic E-state index is 11.8. The van der Waals surface area contributed by atoms with Gasteiger partial charge in [-0.15, -0.1) is 12.4 Å². The molecule has 0 heterocycles. The van der Waals surface area contributed by atoms with E-state index in [0.717, 1.165) is 12.8 Å². The van der Waals surface area contributed by atoms with Gasteiger partial charge < -0.3 is 5.73 Å². The molecule has 0 aliphatic carbocycles. The molecule has 0 spiro atoms. The molecule has 0 aromatic rings. The van der Waals surface area contributed by atoms with Gasteiger partial charge in [-0.3, -0.25) is 0 Å². The smallest absolute Gasteiger partial charge is 0.279 e. The predicted octanol–water partition coefficient (Wildman–Crippen LogP) is 1.10. The Balaban J connectivity index is 0. The SMILES string of the molecule is CCC(N)(CC)CNS(=O)(=O)N(C)C(C)C.Cl. The third kappa shape index (κ3) is 6.01. The number of nitrogens with one attached hydrogen (secondary N) is 1. The summed E-state index contributed by atoms with van der Waals surface area (Å²) in [7, 11) is -1.85. The fourth-order valence-corrected chi connectivity index (χ4v) is 2.34. The average Bonchev–Trinajstić information content (AvgIpc) is 2.24. The summed E-state index contributed by atoms with van der Waals surface area (Å²) in [6.45, 7) is 7.86. The van der Waals surface area contributed by atoms with Crippen LogP contribution >= 0.6 is 12.4 Å². The van der Waals surface area contributed by atoms with Crippen molar-refractivity contribution in [2.75, 3.05) is 13.6 Å². The summed E-state index contributed by atoms with van der Waals surface area (Å²) in [5, 5.41) is 0. The van der Waals surface area contributed by atoms with E-state index in [0.29, 0.717) is 0 Å². The Morgan fingerprint density at radius 2 is 1.71 bits per heavy atom. The van der Waals surface area contributed by atoms with Crippen molar-refractivity contribution < 1.29 is 8.42 Å². The van der Waals surface area contributed by atoms with Crippen LogP contribution in [0.1, 0.15) is 40.5 Å². The highest BCUT2D eigenvalue weighted by Crippen LogP contribution is 2.11. The molecule has 3 N–H and O–H groups in total. The number of hydrogen-bond acceptors (Lipinski definition) is 3. The second-order valence-corrected chi connectivity index (χ2v) is 6.32. The van der Waals surface area contributed by atoms with E-state index < -0.39 is 15.7 Å². The van der Waals surface area contributed by atoms with Gasteiger partial charge in [-0.25, -0.2) is 4.72 Å². The maximum Gasteiger partial charge on any atom is 0.279 e. The van der Waals surface area contributed by atoms with E-state index in [1.54, 1.807) is 7.05 Å². The van der Waals surface area contributed by atoms with Crippen molar-refractivity contribution >= 4 is 22.6 Å². The summed E-state index contributed by atoms with van der Waals surface area (Å²) >= 11 is 0. The highest BCUT2D eigenvalue weighted by atomic mass is 35.5. The van der Waals surface area contributed by atoms with Crippen molar-refractivity contribution in [3.8, 4) is 0 Å². The highest BCUT2D eigenvalue weighted by Gasteiger charge is 2.26. The Hall–Kier alpha value is 0.120. The number of nitrogens with two attached hydrogens (primary N) is 1. The lowest BCUT2D eigenvalue weighted by molar-refractivity contribution is 0.368. The van der Waals surface area contributed by atoms with Gasteiger partial charge in [0.1, 0.15) is 0 Å². The van der Waals surface area contributed by atoms with Crippen LogP contribution in [0.3, 0.4) is 0 Å². The topological polar surface area (TPSA) is 75.4 Å². The standard InChI is InChI=1S/C10H25N3O2S.ClH/c1-6-10(11,7-2)8-12-16(14,15)13(5)9(3)4;/h9,12H,6-8,11H2,1-5H3;1H. The summed E-state index contributed by atoms with van der Waals surface area (Å²) < 4.78 is 27.5. The molecular weight excluding hydrogens is 262 g/mol. The first-order valence-electron chi connectivity index (χ1n) is 5.70. The van der Waals surface area contributed by atoms with Crippen LogP contribution in [0.5, 0.6) is 0 Å². The first-order valence-corrected chi connectivity index (χ1v) is 7.14. The molecule has 0 saturated heterocycles. The van der Waals surface area contributed by atoms with Crippen molar-refractivity contribution in [1.29, 1.82) is 0 Å². The van der Waals surface area contributed by atoms with Crippen molar-refractivity contribution in [2.24, 2.45) is 5.73 Å². The second-order valence-electron chi connectivity index (χ2n) is 4.51.